The average molecular weight is 504 g/mol. The Morgan fingerprint density at radius 1 is 1.03 bits per heavy atom. The van der Waals surface area contributed by atoms with E-state index < -0.39 is 0 Å². The molecule has 5 rings (SSSR count). The molecule has 6 nitrogen and oxygen atoms in total. The smallest absolute Gasteiger partial charge is 0.266 e. The molecule has 1 aromatic heterocycles. The van der Waals surface area contributed by atoms with Gasteiger partial charge in [0.15, 0.2) is 5.16 Å². The van der Waals surface area contributed by atoms with Gasteiger partial charge in [-0.2, -0.15) is 0 Å². The van der Waals surface area contributed by atoms with E-state index in [1.807, 2.05) is 4.90 Å². The summed E-state index contributed by atoms with van der Waals surface area (Å²) in [5.41, 5.74) is 1.81. The van der Waals surface area contributed by atoms with E-state index in [-0.39, 0.29) is 17.3 Å². The lowest BCUT2D eigenvalue weighted by Gasteiger charge is -2.26. The number of carbonyl (C=O) groups excluding carboxylic acids is 1. The van der Waals surface area contributed by atoms with Crippen LogP contribution in [0.15, 0.2) is 76.7 Å². The van der Waals surface area contributed by atoms with Gasteiger partial charge in [0.05, 0.1) is 23.7 Å². The molecule has 2 heterocycles. The maximum absolute atomic E-state index is 14.3. The van der Waals surface area contributed by atoms with Crippen LogP contribution in [0.1, 0.15) is 35.2 Å². The standard InChI is InChI=1S/C28H26FN3O3S/c1-35-22-10-7-9-21(17-22)32-27(34)23-13-12-19(26(33)31-14-5-2-6-15-31)16-25(23)30-28(32)36-18-20-8-3-4-11-24(20)29/h3-4,7-13,16-17H,2,5-6,14-15,18H2,1H3. The van der Waals surface area contributed by atoms with Crippen LogP contribution in [0.2, 0.25) is 0 Å². The van der Waals surface area contributed by atoms with E-state index >= 15 is 0 Å². The van der Waals surface area contributed by atoms with Gasteiger partial charge in [0, 0.05) is 30.5 Å². The van der Waals surface area contributed by atoms with Gasteiger partial charge < -0.3 is 9.64 Å². The number of benzene rings is 3. The lowest BCUT2D eigenvalue weighted by atomic mass is 10.1. The van der Waals surface area contributed by atoms with Crippen molar-refractivity contribution >= 4 is 28.6 Å². The van der Waals surface area contributed by atoms with Crippen LogP contribution < -0.4 is 10.3 Å². The van der Waals surface area contributed by atoms with Crippen molar-refractivity contribution in [1.29, 1.82) is 0 Å². The Labute approximate surface area is 212 Å². The molecule has 36 heavy (non-hydrogen) atoms. The normalized spacial score (nSPS) is 13.7. The second kappa shape index (κ2) is 10.5. The maximum atomic E-state index is 14.3. The topological polar surface area (TPSA) is 64.4 Å². The molecular formula is C28H26FN3O3S. The number of aromatic nitrogens is 2. The number of nitrogens with zero attached hydrogens (tertiary/aromatic N) is 3. The van der Waals surface area contributed by atoms with E-state index in [9.17, 15) is 14.0 Å². The average Bonchev–Trinajstić information content (AvgIpc) is 2.92. The zero-order chi connectivity index (χ0) is 25.1. The van der Waals surface area contributed by atoms with Gasteiger partial charge in [-0.3, -0.25) is 14.2 Å². The molecular weight excluding hydrogens is 477 g/mol. The third-order valence-corrected chi connectivity index (χ3v) is 7.34. The molecule has 184 valence electrons. The molecule has 0 bridgehead atoms. The number of piperidine rings is 1. The molecule has 3 aromatic carbocycles. The highest BCUT2D eigenvalue weighted by molar-refractivity contribution is 7.98. The minimum absolute atomic E-state index is 0.0454. The fourth-order valence-corrected chi connectivity index (χ4v) is 5.41. The highest BCUT2D eigenvalue weighted by atomic mass is 32.2. The minimum atomic E-state index is -0.310. The van der Waals surface area contributed by atoms with Gasteiger partial charge in [0.25, 0.3) is 11.5 Å². The van der Waals surface area contributed by atoms with Crippen LogP contribution in [-0.2, 0) is 5.75 Å². The Balaban J connectivity index is 1.60. The van der Waals surface area contributed by atoms with Gasteiger partial charge >= 0.3 is 0 Å². The molecule has 0 aliphatic carbocycles. The number of rotatable bonds is 6. The second-order valence-corrected chi connectivity index (χ2v) is 9.64. The quantitative estimate of drug-likeness (QED) is 0.259. The van der Waals surface area contributed by atoms with Gasteiger partial charge in [-0.05, 0) is 61.2 Å². The number of hydrogen-bond acceptors (Lipinski definition) is 5. The fraction of sp³-hybridized carbons (Fsp3) is 0.250. The van der Waals surface area contributed by atoms with Crippen molar-refractivity contribution in [3.8, 4) is 11.4 Å². The highest BCUT2D eigenvalue weighted by Crippen LogP contribution is 2.27. The summed E-state index contributed by atoms with van der Waals surface area (Å²) < 4.78 is 21.2. The first kappa shape index (κ1) is 24.1. The summed E-state index contributed by atoms with van der Waals surface area (Å²) in [5, 5.41) is 0.815. The number of ether oxygens (including phenoxy) is 1. The van der Waals surface area contributed by atoms with Crippen molar-refractivity contribution in [2.24, 2.45) is 0 Å². The van der Waals surface area contributed by atoms with Crippen LogP contribution in [0.5, 0.6) is 5.75 Å². The van der Waals surface area contributed by atoms with Gasteiger partial charge in [-0.15, -0.1) is 0 Å². The molecule has 1 fully saturated rings. The Morgan fingerprint density at radius 3 is 2.61 bits per heavy atom. The minimum Gasteiger partial charge on any atom is -0.497 e. The van der Waals surface area contributed by atoms with E-state index in [4.69, 9.17) is 9.72 Å². The van der Waals surface area contributed by atoms with Crippen LogP contribution in [0.25, 0.3) is 16.6 Å². The van der Waals surface area contributed by atoms with Gasteiger partial charge in [0.1, 0.15) is 11.6 Å². The van der Waals surface area contributed by atoms with Crippen molar-refractivity contribution in [2.45, 2.75) is 30.2 Å². The van der Waals surface area contributed by atoms with E-state index in [1.165, 1.54) is 22.4 Å². The first-order valence-corrected chi connectivity index (χ1v) is 12.9. The fourth-order valence-electron chi connectivity index (χ4n) is 4.41. The van der Waals surface area contributed by atoms with Crippen molar-refractivity contribution < 1.29 is 13.9 Å². The predicted molar refractivity (Wildman–Crippen MR) is 140 cm³/mol. The van der Waals surface area contributed by atoms with E-state index in [0.29, 0.717) is 44.4 Å². The highest BCUT2D eigenvalue weighted by Gasteiger charge is 2.20. The lowest BCUT2D eigenvalue weighted by molar-refractivity contribution is 0.0724. The molecule has 1 saturated heterocycles. The molecule has 0 atom stereocenters. The SMILES string of the molecule is COc1cccc(-n2c(SCc3ccccc3F)nc3cc(C(=O)N4CCCCC4)ccc3c2=O)c1. The van der Waals surface area contributed by atoms with Gasteiger partial charge in [-0.1, -0.05) is 36.0 Å². The monoisotopic (exact) mass is 503 g/mol. The third-order valence-electron chi connectivity index (χ3n) is 6.35. The van der Waals surface area contributed by atoms with Gasteiger partial charge in [-0.25, -0.2) is 9.37 Å². The molecule has 0 N–H and O–H groups in total. The Hall–Kier alpha value is -3.65. The Kier molecular flexibility index (Phi) is 7.04. The summed E-state index contributed by atoms with van der Waals surface area (Å²) in [5.74, 6) is 0.541. The summed E-state index contributed by atoms with van der Waals surface area (Å²) in [7, 11) is 1.56. The van der Waals surface area contributed by atoms with Crippen LogP contribution in [0.3, 0.4) is 0 Å². The first-order chi connectivity index (χ1) is 17.5. The van der Waals surface area contributed by atoms with Crippen LogP contribution in [-0.4, -0.2) is 40.6 Å². The largest absolute Gasteiger partial charge is 0.497 e. The van der Waals surface area contributed by atoms with Crippen LogP contribution >= 0.6 is 11.8 Å². The molecule has 8 heteroatoms. The number of likely N-dealkylation sites (tertiary alicyclic amines) is 1. The number of hydrogen-bond donors (Lipinski definition) is 0. The number of thioether (sulfide) groups is 1. The first-order valence-electron chi connectivity index (χ1n) is 11.9. The number of methoxy groups -OCH3 is 1. The molecule has 1 amide bonds. The van der Waals surface area contributed by atoms with Crippen molar-refractivity contribution in [2.75, 3.05) is 20.2 Å². The van der Waals surface area contributed by atoms with Crippen molar-refractivity contribution in [3.05, 3.63) is 94.0 Å². The second-order valence-electron chi connectivity index (χ2n) is 8.70. The molecule has 4 aromatic rings. The number of fused-ring (bicyclic) bond motifs is 1. The summed E-state index contributed by atoms with van der Waals surface area (Å²) in [6.45, 7) is 1.48. The van der Waals surface area contributed by atoms with Crippen LogP contribution in [0, 0.1) is 5.82 Å². The lowest BCUT2D eigenvalue weighted by Crippen LogP contribution is -2.35. The summed E-state index contributed by atoms with van der Waals surface area (Å²) in [4.78, 5) is 33.4. The van der Waals surface area contributed by atoms with E-state index in [2.05, 4.69) is 0 Å². The van der Waals surface area contributed by atoms with Crippen LogP contribution in [0.4, 0.5) is 4.39 Å². The predicted octanol–water partition coefficient (Wildman–Crippen LogP) is 5.45. The summed E-state index contributed by atoms with van der Waals surface area (Å²) in [6.07, 6.45) is 3.13. The van der Waals surface area contributed by atoms with Crippen molar-refractivity contribution in [1.82, 2.24) is 14.5 Å². The molecule has 0 spiro atoms. The molecule has 0 unspecified atom stereocenters. The summed E-state index contributed by atoms with van der Waals surface area (Å²) in [6, 6.07) is 18.8. The molecule has 0 saturated carbocycles. The maximum Gasteiger partial charge on any atom is 0.266 e. The molecule has 1 aliphatic rings. The Morgan fingerprint density at radius 2 is 1.83 bits per heavy atom. The zero-order valence-electron chi connectivity index (χ0n) is 19.9. The zero-order valence-corrected chi connectivity index (χ0v) is 20.8. The van der Waals surface area contributed by atoms with E-state index in [0.717, 1.165) is 32.4 Å². The number of halogens is 1. The number of carbonyl (C=O) groups is 1. The number of amides is 1. The molecule has 0 radical (unpaired) electrons. The third kappa shape index (κ3) is 4.86. The molecule has 1 aliphatic heterocycles. The van der Waals surface area contributed by atoms with E-state index in [1.54, 1.807) is 67.8 Å². The van der Waals surface area contributed by atoms with Crippen molar-refractivity contribution in [3.63, 3.8) is 0 Å². The Bertz CT molecular complexity index is 1480. The van der Waals surface area contributed by atoms with Gasteiger partial charge in [0.2, 0.25) is 0 Å². The summed E-state index contributed by atoms with van der Waals surface area (Å²) >= 11 is 1.27.